The molecule has 0 bridgehead atoms. The Hall–Kier alpha value is -2.70. The number of nitrogens with zero attached hydrogens (tertiary/aromatic N) is 1. The molecule has 0 saturated heterocycles. The third kappa shape index (κ3) is 1.74. The summed E-state index contributed by atoms with van der Waals surface area (Å²) >= 11 is 0. The number of anilines is 1. The molecule has 0 spiro atoms. The Labute approximate surface area is 119 Å². The highest BCUT2D eigenvalue weighted by Gasteiger charge is 2.32. The lowest BCUT2D eigenvalue weighted by Crippen LogP contribution is -2.25. The van der Waals surface area contributed by atoms with Crippen LogP contribution in [-0.2, 0) is 11.2 Å². The summed E-state index contributed by atoms with van der Waals surface area (Å²) in [5.74, 6) is -1.28. The molecule has 0 fully saturated rings. The number of hydrogen-bond acceptors (Lipinski definition) is 4. The van der Waals surface area contributed by atoms with E-state index in [4.69, 9.17) is 9.84 Å². The van der Waals surface area contributed by atoms with E-state index in [2.05, 4.69) is 4.98 Å². The van der Waals surface area contributed by atoms with Crippen molar-refractivity contribution >= 4 is 28.5 Å². The SMILES string of the molecule is COc1c(O)c2c(c3cc(C(=O)O)[nH]c13)CCN2C(C)=O. The smallest absolute Gasteiger partial charge is 0.352 e. The number of amides is 1. The zero-order chi connectivity index (χ0) is 15.3. The number of rotatable bonds is 2. The average molecular weight is 290 g/mol. The fraction of sp³-hybridized carbons (Fsp3) is 0.286. The highest BCUT2D eigenvalue weighted by Crippen LogP contribution is 2.48. The Bertz CT molecular complexity index is 777. The van der Waals surface area contributed by atoms with Crippen molar-refractivity contribution in [3.05, 3.63) is 17.3 Å². The molecule has 110 valence electrons. The molecule has 1 aromatic carbocycles. The van der Waals surface area contributed by atoms with Crippen molar-refractivity contribution in [1.82, 2.24) is 4.98 Å². The number of fused-ring (bicyclic) bond motifs is 3. The van der Waals surface area contributed by atoms with Crippen LogP contribution >= 0.6 is 0 Å². The van der Waals surface area contributed by atoms with Gasteiger partial charge in [0.15, 0.2) is 11.5 Å². The van der Waals surface area contributed by atoms with Crippen molar-refractivity contribution in [3.63, 3.8) is 0 Å². The van der Waals surface area contributed by atoms with Crippen LogP contribution in [-0.4, -0.2) is 40.7 Å². The number of nitrogens with one attached hydrogen (secondary N) is 1. The zero-order valence-electron chi connectivity index (χ0n) is 11.6. The molecule has 3 rings (SSSR count). The summed E-state index contributed by atoms with van der Waals surface area (Å²) < 4.78 is 5.19. The topological polar surface area (TPSA) is 103 Å². The van der Waals surface area contributed by atoms with Gasteiger partial charge in [-0.15, -0.1) is 0 Å². The monoisotopic (exact) mass is 290 g/mol. The Kier molecular flexibility index (Phi) is 2.79. The summed E-state index contributed by atoms with van der Waals surface area (Å²) in [6.07, 6.45) is 0.555. The van der Waals surface area contributed by atoms with Crippen LogP contribution in [0.1, 0.15) is 23.0 Å². The van der Waals surface area contributed by atoms with E-state index in [1.807, 2.05) is 0 Å². The summed E-state index contributed by atoms with van der Waals surface area (Å²) in [4.78, 5) is 27.0. The van der Waals surface area contributed by atoms with E-state index >= 15 is 0 Å². The molecular weight excluding hydrogens is 276 g/mol. The lowest BCUT2D eigenvalue weighted by molar-refractivity contribution is -0.116. The number of phenols is 1. The fourth-order valence-corrected chi connectivity index (χ4v) is 2.88. The molecule has 1 aliphatic heterocycles. The van der Waals surface area contributed by atoms with Crippen molar-refractivity contribution < 1.29 is 24.5 Å². The number of aromatic carboxylic acids is 1. The number of carbonyl (C=O) groups is 2. The minimum atomic E-state index is -1.09. The zero-order valence-corrected chi connectivity index (χ0v) is 11.6. The van der Waals surface area contributed by atoms with Gasteiger partial charge in [-0.2, -0.15) is 0 Å². The van der Waals surface area contributed by atoms with Gasteiger partial charge >= 0.3 is 5.97 Å². The number of carboxylic acids is 1. The van der Waals surface area contributed by atoms with E-state index in [0.29, 0.717) is 29.6 Å². The first-order valence-corrected chi connectivity index (χ1v) is 6.41. The molecule has 1 aromatic heterocycles. The van der Waals surface area contributed by atoms with Crippen molar-refractivity contribution in [1.29, 1.82) is 0 Å². The second kappa shape index (κ2) is 4.41. The molecule has 0 atom stereocenters. The predicted molar refractivity (Wildman–Crippen MR) is 75.2 cm³/mol. The normalized spacial score (nSPS) is 13.5. The molecule has 0 saturated carbocycles. The first kappa shape index (κ1) is 13.3. The van der Waals surface area contributed by atoms with Gasteiger partial charge in [0.25, 0.3) is 0 Å². The van der Waals surface area contributed by atoms with Gasteiger partial charge in [0.05, 0.1) is 18.3 Å². The summed E-state index contributed by atoms with van der Waals surface area (Å²) in [6.45, 7) is 1.87. The van der Waals surface area contributed by atoms with Gasteiger partial charge in [0, 0.05) is 18.9 Å². The van der Waals surface area contributed by atoms with E-state index < -0.39 is 5.97 Å². The molecule has 1 amide bonds. The van der Waals surface area contributed by atoms with Crippen LogP contribution in [0.4, 0.5) is 5.69 Å². The maximum atomic E-state index is 11.7. The summed E-state index contributed by atoms with van der Waals surface area (Å²) in [7, 11) is 1.38. The van der Waals surface area contributed by atoms with Gasteiger partial charge in [-0.25, -0.2) is 4.79 Å². The molecule has 21 heavy (non-hydrogen) atoms. The minimum absolute atomic E-state index is 0.0115. The molecule has 2 aromatic rings. The number of carbonyl (C=O) groups excluding carboxylic acids is 1. The van der Waals surface area contributed by atoms with Crippen LogP contribution in [0.3, 0.4) is 0 Å². The predicted octanol–water partition coefficient (Wildman–Crippen LogP) is 1.49. The number of aromatic hydroxyl groups is 1. The molecule has 3 N–H and O–H groups in total. The summed E-state index contributed by atoms with van der Waals surface area (Å²) in [5, 5.41) is 20.2. The minimum Gasteiger partial charge on any atom is -0.503 e. The van der Waals surface area contributed by atoms with Gasteiger partial charge in [-0.1, -0.05) is 0 Å². The van der Waals surface area contributed by atoms with Crippen LogP contribution in [0, 0.1) is 0 Å². The average Bonchev–Trinajstić information content (AvgIpc) is 3.02. The van der Waals surface area contributed by atoms with Crippen LogP contribution in [0.15, 0.2) is 6.07 Å². The van der Waals surface area contributed by atoms with E-state index in [1.165, 1.54) is 25.0 Å². The summed E-state index contributed by atoms with van der Waals surface area (Å²) in [6, 6.07) is 1.50. The molecule has 2 heterocycles. The molecular formula is C14H14N2O5. The molecule has 0 aliphatic carbocycles. The van der Waals surface area contributed by atoms with Gasteiger partial charge in [-0.3, -0.25) is 4.79 Å². The maximum absolute atomic E-state index is 11.7. The van der Waals surface area contributed by atoms with Gasteiger partial charge in [-0.05, 0) is 18.1 Å². The lowest BCUT2D eigenvalue weighted by Gasteiger charge is -2.18. The number of hydrogen-bond donors (Lipinski definition) is 3. The molecule has 1 aliphatic rings. The largest absolute Gasteiger partial charge is 0.503 e. The van der Waals surface area contributed by atoms with E-state index in [9.17, 15) is 14.7 Å². The van der Waals surface area contributed by atoms with Gasteiger partial charge in [0.1, 0.15) is 5.69 Å². The Morgan fingerprint density at radius 1 is 1.43 bits per heavy atom. The third-order valence-electron chi connectivity index (χ3n) is 3.77. The number of benzene rings is 1. The standard InChI is InChI=1S/C14H14N2O5/c1-6(17)16-4-3-7-8-5-9(14(19)20)15-10(8)13(21-2)12(18)11(7)16/h5,15,18H,3-4H2,1-2H3,(H,19,20). The number of ether oxygens (including phenoxy) is 1. The Morgan fingerprint density at radius 3 is 2.71 bits per heavy atom. The third-order valence-corrected chi connectivity index (χ3v) is 3.77. The highest BCUT2D eigenvalue weighted by atomic mass is 16.5. The summed E-state index contributed by atoms with van der Waals surface area (Å²) in [5.41, 5.74) is 1.60. The van der Waals surface area contributed by atoms with Crippen molar-refractivity contribution in [2.75, 3.05) is 18.6 Å². The van der Waals surface area contributed by atoms with Crippen LogP contribution in [0.25, 0.3) is 10.9 Å². The first-order chi connectivity index (χ1) is 9.95. The van der Waals surface area contributed by atoms with E-state index in [0.717, 1.165) is 5.56 Å². The molecule has 0 radical (unpaired) electrons. The molecule has 7 heteroatoms. The van der Waals surface area contributed by atoms with Gasteiger partial charge < -0.3 is 24.8 Å². The van der Waals surface area contributed by atoms with Crippen molar-refractivity contribution in [2.24, 2.45) is 0 Å². The van der Waals surface area contributed by atoms with Crippen molar-refractivity contribution in [3.8, 4) is 11.5 Å². The van der Waals surface area contributed by atoms with E-state index in [-0.39, 0.29) is 23.1 Å². The number of methoxy groups -OCH3 is 1. The first-order valence-electron chi connectivity index (χ1n) is 6.41. The quantitative estimate of drug-likeness (QED) is 0.777. The Balaban J connectivity index is 2.38. The highest BCUT2D eigenvalue weighted by molar-refractivity contribution is 6.06. The molecule has 7 nitrogen and oxygen atoms in total. The van der Waals surface area contributed by atoms with Gasteiger partial charge in [0.2, 0.25) is 5.91 Å². The second-order valence-electron chi connectivity index (χ2n) is 4.91. The fourth-order valence-electron chi connectivity index (χ4n) is 2.88. The number of aromatic nitrogens is 1. The maximum Gasteiger partial charge on any atom is 0.352 e. The molecule has 0 unspecified atom stereocenters. The van der Waals surface area contributed by atoms with Crippen molar-refractivity contribution in [2.45, 2.75) is 13.3 Å². The number of phenolic OH excluding ortho intramolecular Hbond substituents is 1. The number of carboxylic acid groups (broad SMARTS) is 1. The number of H-pyrrole nitrogens is 1. The second-order valence-corrected chi connectivity index (χ2v) is 4.91. The lowest BCUT2D eigenvalue weighted by atomic mass is 10.1. The van der Waals surface area contributed by atoms with E-state index in [1.54, 1.807) is 0 Å². The number of aromatic amines is 1. The van der Waals surface area contributed by atoms with Crippen LogP contribution in [0.2, 0.25) is 0 Å². The van der Waals surface area contributed by atoms with Crippen LogP contribution < -0.4 is 9.64 Å². The van der Waals surface area contributed by atoms with Crippen LogP contribution in [0.5, 0.6) is 11.5 Å². The Morgan fingerprint density at radius 2 is 2.14 bits per heavy atom.